The van der Waals surface area contributed by atoms with E-state index in [9.17, 15) is 9.59 Å². The van der Waals surface area contributed by atoms with Crippen molar-refractivity contribution in [2.45, 2.75) is 24.9 Å². The van der Waals surface area contributed by atoms with Crippen LogP contribution in [0, 0.1) is 0 Å². The standard InChI is InChI=1S/C13H14N2O2/c16-12-10-7-4-8-15(10)11(13(17)14-12)9-5-2-1-3-6-9/h1-3,5-6,10-11H,4,7-8H2,(H,14,16,17)/t10-,11-/m0/s1. The average molecular weight is 230 g/mol. The van der Waals surface area contributed by atoms with Gasteiger partial charge >= 0.3 is 0 Å². The molecule has 1 aromatic rings. The monoisotopic (exact) mass is 230 g/mol. The Bertz CT molecular complexity index is 458. The van der Waals surface area contributed by atoms with Crippen molar-refractivity contribution in [2.75, 3.05) is 6.54 Å². The molecule has 0 saturated carbocycles. The molecule has 4 nitrogen and oxygen atoms in total. The van der Waals surface area contributed by atoms with Crippen molar-refractivity contribution < 1.29 is 9.59 Å². The largest absolute Gasteiger partial charge is 0.293 e. The molecule has 0 unspecified atom stereocenters. The number of benzene rings is 1. The molecule has 0 aliphatic carbocycles. The Balaban J connectivity index is 1.98. The minimum absolute atomic E-state index is 0.127. The van der Waals surface area contributed by atoms with Crippen LogP contribution in [0.3, 0.4) is 0 Å². The van der Waals surface area contributed by atoms with Gasteiger partial charge in [0.1, 0.15) is 6.04 Å². The number of carbonyl (C=O) groups is 2. The van der Waals surface area contributed by atoms with Crippen LogP contribution in [0.4, 0.5) is 0 Å². The molecule has 88 valence electrons. The third kappa shape index (κ3) is 1.65. The summed E-state index contributed by atoms with van der Waals surface area (Å²) in [5.41, 5.74) is 0.962. The summed E-state index contributed by atoms with van der Waals surface area (Å²) in [6, 6.07) is 9.22. The van der Waals surface area contributed by atoms with Gasteiger partial charge < -0.3 is 0 Å². The van der Waals surface area contributed by atoms with Crippen molar-refractivity contribution in [3.8, 4) is 0 Å². The van der Waals surface area contributed by atoms with Gasteiger partial charge in [0.15, 0.2) is 0 Å². The lowest BCUT2D eigenvalue weighted by atomic mass is 10.0. The van der Waals surface area contributed by atoms with Gasteiger partial charge in [0.25, 0.3) is 0 Å². The molecule has 17 heavy (non-hydrogen) atoms. The Labute approximate surface area is 99.6 Å². The number of hydrogen-bond acceptors (Lipinski definition) is 3. The van der Waals surface area contributed by atoms with E-state index in [-0.39, 0.29) is 23.9 Å². The van der Waals surface area contributed by atoms with E-state index in [1.807, 2.05) is 35.2 Å². The average Bonchev–Trinajstić information content (AvgIpc) is 2.79. The molecule has 2 fully saturated rings. The van der Waals surface area contributed by atoms with Crippen LogP contribution in [-0.2, 0) is 9.59 Å². The summed E-state index contributed by atoms with van der Waals surface area (Å²) in [6.07, 6.45) is 1.83. The second kappa shape index (κ2) is 3.96. The Hall–Kier alpha value is -1.68. The number of nitrogens with one attached hydrogen (secondary N) is 1. The van der Waals surface area contributed by atoms with Crippen molar-refractivity contribution in [1.29, 1.82) is 0 Å². The first-order chi connectivity index (χ1) is 8.27. The summed E-state index contributed by atoms with van der Waals surface area (Å²) in [5, 5.41) is 2.48. The summed E-state index contributed by atoms with van der Waals surface area (Å²) in [7, 11) is 0. The van der Waals surface area contributed by atoms with Crippen molar-refractivity contribution >= 4 is 11.8 Å². The second-order valence-electron chi connectivity index (χ2n) is 4.56. The Morgan fingerprint density at radius 3 is 2.65 bits per heavy atom. The molecule has 0 bridgehead atoms. The first kappa shape index (κ1) is 10.5. The van der Waals surface area contributed by atoms with Crippen LogP contribution in [0.1, 0.15) is 24.4 Å². The fourth-order valence-electron chi connectivity index (χ4n) is 2.78. The minimum atomic E-state index is -0.304. The molecular weight excluding hydrogens is 216 g/mol. The van der Waals surface area contributed by atoms with Gasteiger partial charge in [0.2, 0.25) is 11.8 Å². The molecule has 0 aromatic heterocycles. The normalized spacial score (nSPS) is 28.9. The highest BCUT2D eigenvalue weighted by Gasteiger charge is 2.44. The SMILES string of the molecule is O=C1NC(=O)[C@@H]2CCCN2[C@H]1c1ccccc1. The zero-order valence-electron chi connectivity index (χ0n) is 9.43. The molecule has 0 spiro atoms. The van der Waals surface area contributed by atoms with Crippen LogP contribution < -0.4 is 5.32 Å². The number of piperazine rings is 1. The summed E-state index contributed by atoms with van der Waals surface area (Å²) >= 11 is 0. The van der Waals surface area contributed by atoms with E-state index in [2.05, 4.69) is 5.32 Å². The van der Waals surface area contributed by atoms with Gasteiger partial charge in [-0.3, -0.25) is 19.8 Å². The Morgan fingerprint density at radius 2 is 1.88 bits per heavy atom. The van der Waals surface area contributed by atoms with Crippen molar-refractivity contribution in [3.63, 3.8) is 0 Å². The molecule has 2 atom stereocenters. The smallest absolute Gasteiger partial charge is 0.248 e. The molecule has 2 aliphatic heterocycles. The molecule has 2 aliphatic rings. The van der Waals surface area contributed by atoms with E-state index >= 15 is 0 Å². The number of nitrogens with zero attached hydrogens (tertiary/aromatic N) is 1. The van der Waals surface area contributed by atoms with Gasteiger partial charge in [-0.2, -0.15) is 0 Å². The first-order valence-electron chi connectivity index (χ1n) is 5.93. The van der Waals surface area contributed by atoms with Gasteiger partial charge in [-0.15, -0.1) is 0 Å². The maximum absolute atomic E-state index is 12.0. The van der Waals surface area contributed by atoms with Crippen LogP contribution in [0.25, 0.3) is 0 Å². The second-order valence-corrected chi connectivity index (χ2v) is 4.56. The Morgan fingerprint density at radius 1 is 1.12 bits per heavy atom. The molecule has 3 rings (SSSR count). The van der Waals surface area contributed by atoms with E-state index in [1.165, 1.54) is 0 Å². The van der Waals surface area contributed by atoms with E-state index in [0.717, 1.165) is 24.9 Å². The Kier molecular flexibility index (Phi) is 2.44. The van der Waals surface area contributed by atoms with Crippen LogP contribution >= 0.6 is 0 Å². The molecule has 1 N–H and O–H groups in total. The summed E-state index contributed by atoms with van der Waals surface area (Å²) < 4.78 is 0. The lowest BCUT2D eigenvalue weighted by molar-refractivity contribution is -0.143. The molecule has 1 aromatic carbocycles. The van der Waals surface area contributed by atoms with Crippen molar-refractivity contribution in [3.05, 3.63) is 35.9 Å². The summed E-state index contributed by atoms with van der Waals surface area (Å²) in [5.74, 6) is -0.334. The number of carbonyl (C=O) groups excluding carboxylic acids is 2. The zero-order valence-corrected chi connectivity index (χ0v) is 9.43. The predicted molar refractivity (Wildman–Crippen MR) is 62.1 cm³/mol. The molecule has 0 radical (unpaired) electrons. The molecule has 4 heteroatoms. The molecule has 2 amide bonds. The van der Waals surface area contributed by atoms with E-state index in [1.54, 1.807) is 0 Å². The van der Waals surface area contributed by atoms with Crippen molar-refractivity contribution in [2.24, 2.45) is 0 Å². The van der Waals surface area contributed by atoms with E-state index < -0.39 is 0 Å². The van der Waals surface area contributed by atoms with Gasteiger partial charge in [-0.25, -0.2) is 0 Å². The fraction of sp³-hybridized carbons (Fsp3) is 0.385. The predicted octanol–water partition coefficient (Wildman–Crippen LogP) is 0.848. The molecular formula is C13H14N2O2. The topological polar surface area (TPSA) is 49.4 Å². The third-order valence-electron chi connectivity index (χ3n) is 3.54. The minimum Gasteiger partial charge on any atom is -0.293 e. The highest BCUT2D eigenvalue weighted by Crippen LogP contribution is 2.32. The maximum Gasteiger partial charge on any atom is 0.248 e. The van der Waals surface area contributed by atoms with Gasteiger partial charge in [0.05, 0.1) is 6.04 Å². The lowest BCUT2D eigenvalue weighted by Crippen LogP contribution is -2.56. The number of hydrogen-bond donors (Lipinski definition) is 1. The van der Waals surface area contributed by atoms with Crippen LogP contribution in [0.15, 0.2) is 30.3 Å². The quantitative estimate of drug-likeness (QED) is 0.728. The van der Waals surface area contributed by atoms with Gasteiger partial charge in [-0.05, 0) is 18.4 Å². The highest BCUT2D eigenvalue weighted by atomic mass is 16.2. The fourth-order valence-corrected chi connectivity index (χ4v) is 2.78. The van der Waals surface area contributed by atoms with E-state index in [0.29, 0.717) is 0 Å². The highest BCUT2D eigenvalue weighted by molar-refractivity contribution is 6.03. The molecule has 2 saturated heterocycles. The first-order valence-corrected chi connectivity index (χ1v) is 5.93. The summed E-state index contributed by atoms with van der Waals surface area (Å²) in [6.45, 7) is 0.823. The molecule has 2 heterocycles. The number of rotatable bonds is 1. The van der Waals surface area contributed by atoms with E-state index in [4.69, 9.17) is 0 Å². The number of imide groups is 1. The van der Waals surface area contributed by atoms with Crippen molar-refractivity contribution in [1.82, 2.24) is 10.2 Å². The zero-order chi connectivity index (χ0) is 11.8. The third-order valence-corrected chi connectivity index (χ3v) is 3.54. The van der Waals surface area contributed by atoms with Crippen LogP contribution in [0.5, 0.6) is 0 Å². The van der Waals surface area contributed by atoms with Crippen LogP contribution in [0.2, 0.25) is 0 Å². The van der Waals surface area contributed by atoms with Gasteiger partial charge in [0, 0.05) is 6.54 Å². The van der Waals surface area contributed by atoms with Gasteiger partial charge in [-0.1, -0.05) is 30.3 Å². The van der Waals surface area contributed by atoms with Crippen LogP contribution in [-0.4, -0.2) is 29.3 Å². The lowest BCUT2D eigenvalue weighted by Gasteiger charge is -2.35. The maximum atomic E-state index is 12.0. The number of amides is 2. The number of fused-ring (bicyclic) bond motifs is 1. The summed E-state index contributed by atoms with van der Waals surface area (Å²) in [4.78, 5) is 25.7.